The van der Waals surface area contributed by atoms with E-state index in [0.29, 0.717) is 13.2 Å². The highest BCUT2D eigenvalue weighted by molar-refractivity contribution is 5.84. The van der Waals surface area contributed by atoms with E-state index in [-0.39, 0.29) is 12.0 Å². The number of carbonyl (C=O) groups excluding carboxylic acids is 1. The van der Waals surface area contributed by atoms with E-state index in [1.807, 2.05) is 6.07 Å². The quantitative estimate of drug-likeness (QED) is 0.925. The number of benzene rings is 1. The summed E-state index contributed by atoms with van der Waals surface area (Å²) in [6.45, 7) is 1.37. The Morgan fingerprint density at radius 3 is 3.10 bits per heavy atom. The van der Waals surface area contributed by atoms with Gasteiger partial charge in [-0.2, -0.15) is 0 Å². The van der Waals surface area contributed by atoms with Crippen LogP contribution in [0.1, 0.15) is 18.4 Å². The van der Waals surface area contributed by atoms with Crippen LogP contribution < -0.4 is 5.32 Å². The van der Waals surface area contributed by atoms with Gasteiger partial charge in [-0.3, -0.25) is 4.79 Å². The van der Waals surface area contributed by atoms with Gasteiger partial charge >= 0.3 is 0 Å². The number of amides is 1. The van der Waals surface area contributed by atoms with Crippen molar-refractivity contribution in [3.63, 3.8) is 0 Å². The molecule has 106 valence electrons. The van der Waals surface area contributed by atoms with Gasteiger partial charge in [0, 0.05) is 37.3 Å². The number of aromatic nitrogens is 1. The van der Waals surface area contributed by atoms with Crippen LogP contribution in [0.5, 0.6) is 0 Å². The van der Waals surface area contributed by atoms with Gasteiger partial charge in [0.2, 0.25) is 5.91 Å². The third-order valence-electron chi connectivity index (χ3n) is 3.90. The first-order chi connectivity index (χ1) is 9.75. The molecule has 1 aliphatic rings. The molecule has 4 heteroatoms. The Kier molecular flexibility index (Phi) is 3.74. The fraction of sp³-hybridized carbons (Fsp3) is 0.438. The lowest BCUT2D eigenvalue weighted by molar-refractivity contribution is -0.129. The number of aryl methyl sites for hydroxylation is 1. The first-order valence-electron chi connectivity index (χ1n) is 7.18. The smallest absolute Gasteiger partial charge is 0.249 e. The van der Waals surface area contributed by atoms with Crippen LogP contribution in [0.3, 0.4) is 0 Å². The van der Waals surface area contributed by atoms with Gasteiger partial charge in [0.15, 0.2) is 0 Å². The Morgan fingerprint density at radius 2 is 2.30 bits per heavy atom. The second-order valence-corrected chi connectivity index (χ2v) is 5.33. The molecule has 20 heavy (non-hydrogen) atoms. The minimum atomic E-state index is -0.234. The molecule has 1 atom stereocenters. The Labute approximate surface area is 118 Å². The van der Waals surface area contributed by atoms with E-state index >= 15 is 0 Å². The molecule has 1 aromatic carbocycles. The molecule has 0 radical (unpaired) electrons. The molecule has 0 spiro atoms. The second-order valence-electron chi connectivity index (χ2n) is 5.33. The Hall–Kier alpha value is -1.81. The van der Waals surface area contributed by atoms with Crippen LogP contribution in [0.2, 0.25) is 0 Å². The molecule has 1 unspecified atom stereocenters. The van der Waals surface area contributed by atoms with Crippen molar-refractivity contribution in [1.29, 1.82) is 0 Å². The predicted molar refractivity (Wildman–Crippen MR) is 78.6 cm³/mol. The van der Waals surface area contributed by atoms with Crippen LogP contribution in [0.4, 0.5) is 0 Å². The molecule has 1 amide bonds. The third-order valence-corrected chi connectivity index (χ3v) is 3.90. The van der Waals surface area contributed by atoms with E-state index in [9.17, 15) is 4.79 Å². The van der Waals surface area contributed by atoms with Gasteiger partial charge in [-0.05, 0) is 30.9 Å². The standard InChI is InChI=1S/C16H20N2O2/c1-18-11-12(13-5-2-3-6-14(13)18)8-9-17-16(19)15-7-4-10-20-15/h2-3,5-6,11,15H,4,7-10H2,1H3,(H,17,19). The number of nitrogens with one attached hydrogen (secondary N) is 1. The summed E-state index contributed by atoms with van der Waals surface area (Å²) in [6.07, 6.45) is 4.59. The highest BCUT2D eigenvalue weighted by Gasteiger charge is 2.22. The average Bonchev–Trinajstić information content (AvgIpc) is 3.09. The number of hydrogen-bond donors (Lipinski definition) is 1. The largest absolute Gasteiger partial charge is 0.368 e. The zero-order valence-electron chi connectivity index (χ0n) is 11.8. The highest BCUT2D eigenvalue weighted by Crippen LogP contribution is 2.20. The van der Waals surface area contributed by atoms with E-state index in [0.717, 1.165) is 19.3 Å². The Morgan fingerprint density at radius 1 is 1.45 bits per heavy atom. The lowest BCUT2D eigenvalue weighted by Gasteiger charge is -2.09. The lowest BCUT2D eigenvalue weighted by Crippen LogP contribution is -2.35. The molecule has 1 aromatic heterocycles. The summed E-state index contributed by atoms with van der Waals surface area (Å²) in [5.41, 5.74) is 2.50. The van der Waals surface area contributed by atoms with Crippen LogP contribution >= 0.6 is 0 Å². The van der Waals surface area contributed by atoms with Crippen molar-refractivity contribution in [2.75, 3.05) is 13.2 Å². The highest BCUT2D eigenvalue weighted by atomic mass is 16.5. The van der Waals surface area contributed by atoms with E-state index in [1.54, 1.807) is 0 Å². The first-order valence-corrected chi connectivity index (χ1v) is 7.18. The molecule has 3 rings (SSSR count). The topological polar surface area (TPSA) is 43.3 Å². The number of fused-ring (bicyclic) bond motifs is 1. The summed E-state index contributed by atoms with van der Waals surface area (Å²) in [6, 6.07) is 8.35. The molecule has 0 aliphatic carbocycles. The monoisotopic (exact) mass is 272 g/mol. The van der Waals surface area contributed by atoms with Crippen LogP contribution in [0.25, 0.3) is 10.9 Å². The van der Waals surface area contributed by atoms with Crippen LogP contribution in [0.15, 0.2) is 30.5 Å². The molecule has 0 saturated carbocycles. The van der Waals surface area contributed by atoms with E-state index in [4.69, 9.17) is 4.74 Å². The summed E-state index contributed by atoms with van der Waals surface area (Å²) in [7, 11) is 2.05. The fourth-order valence-electron chi connectivity index (χ4n) is 2.84. The van der Waals surface area contributed by atoms with Crippen molar-refractivity contribution < 1.29 is 9.53 Å². The van der Waals surface area contributed by atoms with Gasteiger partial charge in [-0.1, -0.05) is 18.2 Å². The van der Waals surface area contributed by atoms with Crippen LogP contribution in [-0.4, -0.2) is 29.7 Å². The van der Waals surface area contributed by atoms with Crippen molar-refractivity contribution in [1.82, 2.24) is 9.88 Å². The van der Waals surface area contributed by atoms with Crippen molar-refractivity contribution in [3.05, 3.63) is 36.0 Å². The second kappa shape index (κ2) is 5.67. The number of nitrogens with zero attached hydrogens (tertiary/aromatic N) is 1. The average molecular weight is 272 g/mol. The van der Waals surface area contributed by atoms with Crippen molar-refractivity contribution in [3.8, 4) is 0 Å². The minimum absolute atomic E-state index is 0.0303. The molecule has 4 nitrogen and oxygen atoms in total. The molecule has 1 fully saturated rings. The Balaban J connectivity index is 1.61. The number of hydrogen-bond acceptors (Lipinski definition) is 2. The molecule has 1 N–H and O–H groups in total. The normalized spacial score (nSPS) is 18.6. The maximum Gasteiger partial charge on any atom is 0.249 e. The maximum absolute atomic E-state index is 11.9. The zero-order valence-corrected chi connectivity index (χ0v) is 11.8. The maximum atomic E-state index is 11.9. The van der Waals surface area contributed by atoms with Gasteiger partial charge in [0.1, 0.15) is 6.10 Å². The zero-order chi connectivity index (χ0) is 13.9. The fourth-order valence-corrected chi connectivity index (χ4v) is 2.84. The first kappa shape index (κ1) is 13.2. The molecule has 0 bridgehead atoms. The van der Waals surface area contributed by atoms with Crippen molar-refractivity contribution in [2.24, 2.45) is 7.05 Å². The summed E-state index contributed by atoms with van der Waals surface area (Å²) in [5, 5.41) is 4.24. The van der Waals surface area contributed by atoms with Gasteiger partial charge < -0.3 is 14.6 Å². The van der Waals surface area contributed by atoms with Gasteiger partial charge in [0.05, 0.1) is 0 Å². The van der Waals surface area contributed by atoms with E-state index in [2.05, 4.69) is 41.3 Å². The number of carbonyl (C=O) groups is 1. The van der Waals surface area contributed by atoms with E-state index < -0.39 is 0 Å². The molecular weight excluding hydrogens is 252 g/mol. The number of ether oxygens (including phenoxy) is 1. The SMILES string of the molecule is Cn1cc(CCNC(=O)C2CCCO2)c2ccccc21. The molecule has 2 heterocycles. The van der Waals surface area contributed by atoms with Gasteiger partial charge in [-0.25, -0.2) is 0 Å². The molecule has 2 aromatic rings. The summed E-state index contributed by atoms with van der Waals surface area (Å²) in [4.78, 5) is 11.9. The summed E-state index contributed by atoms with van der Waals surface area (Å²) >= 11 is 0. The molecule has 1 saturated heterocycles. The summed E-state index contributed by atoms with van der Waals surface area (Å²) < 4.78 is 7.51. The predicted octanol–water partition coefficient (Wildman–Crippen LogP) is 2.02. The minimum Gasteiger partial charge on any atom is -0.368 e. The molecular formula is C16H20N2O2. The number of rotatable bonds is 4. The van der Waals surface area contributed by atoms with E-state index in [1.165, 1.54) is 16.5 Å². The summed E-state index contributed by atoms with van der Waals surface area (Å²) in [5.74, 6) is 0.0303. The third kappa shape index (κ3) is 2.56. The van der Waals surface area contributed by atoms with Crippen molar-refractivity contribution >= 4 is 16.8 Å². The van der Waals surface area contributed by atoms with Crippen LogP contribution in [0, 0.1) is 0 Å². The lowest BCUT2D eigenvalue weighted by atomic mass is 10.1. The Bertz CT molecular complexity index is 612. The van der Waals surface area contributed by atoms with Crippen LogP contribution in [-0.2, 0) is 23.0 Å². The van der Waals surface area contributed by atoms with Gasteiger partial charge in [-0.15, -0.1) is 0 Å². The van der Waals surface area contributed by atoms with Gasteiger partial charge in [0.25, 0.3) is 0 Å². The molecule has 1 aliphatic heterocycles. The number of para-hydroxylation sites is 1. The van der Waals surface area contributed by atoms with Crippen molar-refractivity contribution in [2.45, 2.75) is 25.4 Å².